The van der Waals surface area contributed by atoms with E-state index in [-0.39, 0.29) is 6.09 Å². The van der Waals surface area contributed by atoms with E-state index in [2.05, 4.69) is 22.0 Å². The molecule has 1 unspecified atom stereocenters. The van der Waals surface area contributed by atoms with Gasteiger partial charge in [-0.15, -0.1) is 11.3 Å². The van der Waals surface area contributed by atoms with Crippen molar-refractivity contribution in [1.29, 1.82) is 0 Å². The molecule has 1 aliphatic heterocycles. The van der Waals surface area contributed by atoms with Gasteiger partial charge in [-0.1, -0.05) is 0 Å². The summed E-state index contributed by atoms with van der Waals surface area (Å²) in [4.78, 5) is 16.8. The van der Waals surface area contributed by atoms with E-state index in [1.807, 2.05) is 37.0 Å². The Morgan fingerprint density at radius 2 is 2.12 bits per heavy atom. The van der Waals surface area contributed by atoms with E-state index >= 15 is 0 Å². The molecule has 0 N–H and O–H groups in total. The zero-order valence-corrected chi connectivity index (χ0v) is 18.2. The molecule has 2 rings (SSSR count). The number of carbonyl (C=O) groups is 1. The summed E-state index contributed by atoms with van der Waals surface area (Å²) < 4.78 is 11.9. The number of methoxy groups -OCH3 is 1. The summed E-state index contributed by atoms with van der Waals surface area (Å²) in [6.45, 7) is 8.05. The van der Waals surface area contributed by atoms with Gasteiger partial charge in [-0.25, -0.2) is 4.79 Å². The Morgan fingerprint density at radius 1 is 1.36 bits per heavy atom. The molecule has 142 valence electrons. The summed E-state index contributed by atoms with van der Waals surface area (Å²) in [6, 6.07) is 2.17. The van der Waals surface area contributed by atoms with Gasteiger partial charge in [-0.05, 0) is 80.8 Å². The van der Waals surface area contributed by atoms with Crippen molar-refractivity contribution in [3.63, 3.8) is 0 Å². The Morgan fingerprint density at radius 3 is 2.80 bits per heavy atom. The molecule has 0 bridgehead atoms. The average molecular weight is 432 g/mol. The number of thiophene rings is 1. The molecule has 25 heavy (non-hydrogen) atoms. The third-order valence-electron chi connectivity index (χ3n) is 4.37. The second-order valence-corrected chi connectivity index (χ2v) is 9.80. The molecule has 0 aliphatic carbocycles. The van der Waals surface area contributed by atoms with E-state index in [0.29, 0.717) is 12.5 Å². The lowest BCUT2D eigenvalue weighted by Gasteiger charge is -2.26. The van der Waals surface area contributed by atoms with Gasteiger partial charge in [0.25, 0.3) is 0 Å². The topological polar surface area (TPSA) is 38.8 Å². The molecule has 1 aromatic rings. The predicted octanol–water partition coefficient (Wildman–Crippen LogP) is 5.63. The fraction of sp³-hybridized carbons (Fsp3) is 0.737. The number of aryl methyl sites for hydroxylation is 1. The van der Waals surface area contributed by atoms with Crippen molar-refractivity contribution in [1.82, 2.24) is 4.90 Å². The maximum Gasteiger partial charge on any atom is 0.410 e. The van der Waals surface area contributed by atoms with E-state index in [9.17, 15) is 4.79 Å². The highest BCUT2D eigenvalue weighted by molar-refractivity contribution is 9.10. The van der Waals surface area contributed by atoms with Crippen LogP contribution in [0.15, 0.2) is 10.5 Å². The Labute approximate surface area is 164 Å². The normalized spacial score (nSPS) is 18.9. The van der Waals surface area contributed by atoms with Crippen LogP contribution in [-0.4, -0.2) is 36.8 Å². The van der Waals surface area contributed by atoms with Gasteiger partial charge in [0.2, 0.25) is 0 Å². The Bertz CT molecular complexity index is 568. The van der Waals surface area contributed by atoms with Crippen LogP contribution < -0.4 is 0 Å². The quantitative estimate of drug-likeness (QED) is 0.606. The summed E-state index contributed by atoms with van der Waals surface area (Å²) >= 11 is 5.50. The van der Waals surface area contributed by atoms with Gasteiger partial charge < -0.3 is 14.4 Å². The van der Waals surface area contributed by atoms with Gasteiger partial charge in [0, 0.05) is 34.4 Å². The lowest BCUT2D eigenvalue weighted by Crippen LogP contribution is -2.37. The molecule has 1 fully saturated rings. The minimum Gasteiger partial charge on any atom is -0.444 e. The molecule has 1 aromatic heterocycles. The first-order valence-corrected chi connectivity index (χ1v) is 10.6. The number of halogens is 1. The van der Waals surface area contributed by atoms with Crippen molar-refractivity contribution < 1.29 is 14.3 Å². The van der Waals surface area contributed by atoms with Crippen molar-refractivity contribution in [2.75, 3.05) is 20.2 Å². The molecule has 2 heterocycles. The fourth-order valence-corrected chi connectivity index (χ4v) is 5.06. The molecule has 0 radical (unpaired) electrons. The first kappa shape index (κ1) is 20.7. The second-order valence-electron chi connectivity index (χ2n) is 7.72. The molecule has 0 aromatic carbocycles. The van der Waals surface area contributed by atoms with Crippen LogP contribution in [0, 0.1) is 5.92 Å². The third kappa shape index (κ3) is 6.91. The lowest BCUT2D eigenvalue weighted by molar-refractivity contribution is 0.0255. The molecule has 1 atom stereocenters. The van der Waals surface area contributed by atoms with Crippen LogP contribution in [0.2, 0.25) is 0 Å². The smallest absolute Gasteiger partial charge is 0.410 e. The van der Waals surface area contributed by atoms with Crippen molar-refractivity contribution in [3.8, 4) is 0 Å². The van der Waals surface area contributed by atoms with E-state index in [4.69, 9.17) is 9.47 Å². The van der Waals surface area contributed by atoms with Crippen molar-refractivity contribution in [3.05, 3.63) is 20.3 Å². The third-order valence-corrected chi connectivity index (χ3v) is 6.51. The van der Waals surface area contributed by atoms with Crippen molar-refractivity contribution >= 4 is 33.4 Å². The van der Waals surface area contributed by atoms with Crippen LogP contribution in [-0.2, 0) is 22.5 Å². The number of nitrogens with zero attached hydrogens (tertiary/aromatic N) is 1. The molecular weight excluding hydrogens is 402 g/mol. The number of carbonyl (C=O) groups excluding carboxylic acids is 1. The van der Waals surface area contributed by atoms with Crippen molar-refractivity contribution in [2.24, 2.45) is 5.92 Å². The van der Waals surface area contributed by atoms with Crippen LogP contribution in [0.1, 0.15) is 56.2 Å². The maximum absolute atomic E-state index is 12.2. The molecule has 0 spiro atoms. The molecule has 1 aliphatic rings. The minimum absolute atomic E-state index is 0.168. The van der Waals surface area contributed by atoms with E-state index < -0.39 is 5.60 Å². The summed E-state index contributed by atoms with van der Waals surface area (Å²) in [5.41, 5.74) is -0.422. The number of rotatable bonds is 5. The summed E-state index contributed by atoms with van der Waals surface area (Å²) in [5.74, 6) is 0.673. The number of likely N-dealkylation sites (tertiary alicyclic amines) is 1. The van der Waals surface area contributed by atoms with Crippen LogP contribution in [0.5, 0.6) is 0 Å². The van der Waals surface area contributed by atoms with Gasteiger partial charge in [0.05, 0.1) is 6.61 Å². The Hall–Kier alpha value is -0.590. The number of amides is 1. The lowest BCUT2D eigenvalue weighted by atomic mass is 9.95. The van der Waals surface area contributed by atoms with E-state index in [1.165, 1.54) is 27.1 Å². The summed E-state index contributed by atoms with van der Waals surface area (Å²) in [5, 5.41) is 0. The van der Waals surface area contributed by atoms with E-state index in [0.717, 1.165) is 32.4 Å². The zero-order chi connectivity index (χ0) is 18.4. The Balaban J connectivity index is 1.82. The molecule has 0 saturated carbocycles. The predicted molar refractivity (Wildman–Crippen MR) is 106 cm³/mol. The molecular formula is C19H30BrNO3S. The van der Waals surface area contributed by atoms with Gasteiger partial charge in [0.15, 0.2) is 0 Å². The van der Waals surface area contributed by atoms with Crippen LogP contribution >= 0.6 is 27.3 Å². The zero-order valence-electron chi connectivity index (χ0n) is 15.8. The molecule has 1 amide bonds. The number of ether oxygens (including phenoxy) is 2. The first-order chi connectivity index (χ1) is 11.8. The Kier molecular flexibility index (Phi) is 7.77. The fourth-order valence-electron chi connectivity index (χ4n) is 3.14. The molecule has 6 heteroatoms. The van der Waals surface area contributed by atoms with Gasteiger partial charge in [-0.3, -0.25) is 0 Å². The van der Waals surface area contributed by atoms with Crippen molar-refractivity contribution in [2.45, 2.75) is 65.1 Å². The monoisotopic (exact) mass is 431 g/mol. The highest BCUT2D eigenvalue weighted by atomic mass is 79.9. The first-order valence-electron chi connectivity index (χ1n) is 9.02. The van der Waals surface area contributed by atoms with E-state index in [1.54, 1.807) is 7.11 Å². The summed E-state index contributed by atoms with van der Waals surface area (Å²) in [6.07, 6.45) is 5.41. The molecule has 4 nitrogen and oxygen atoms in total. The van der Waals surface area contributed by atoms with Gasteiger partial charge >= 0.3 is 6.09 Å². The standard InChI is InChI=1S/C19H30BrNO3S/c1-19(2,3)24-18(22)21-10-5-6-14(9-11-21)7-8-17-16(20)12-15(25-17)13-23-4/h12,14H,5-11,13H2,1-4H3. The number of hydrogen-bond donors (Lipinski definition) is 0. The maximum atomic E-state index is 12.2. The number of hydrogen-bond acceptors (Lipinski definition) is 4. The minimum atomic E-state index is -0.422. The largest absolute Gasteiger partial charge is 0.444 e. The average Bonchev–Trinajstić information content (AvgIpc) is 2.72. The highest BCUT2D eigenvalue weighted by Gasteiger charge is 2.25. The van der Waals surface area contributed by atoms with Crippen LogP contribution in [0.4, 0.5) is 4.79 Å². The van der Waals surface area contributed by atoms with Crippen LogP contribution in [0.3, 0.4) is 0 Å². The second kappa shape index (κ2) is 9.38. The van der Waals surface area contributed by atoms with Crippen LogP contribution in [0.25, 0.3) is 0 Å². The van der Waals surface area contributed by atoms with Gasteiger partial charge in [-0.2, -0.15) is 0 Å². The summed E-state index contributed by atoms with van der Waals surface area (Å²) in [7, 11) is 1.73. The highest BCUT2D eigenvalue weighted by Crippen LogP contribution is 2.31. The van der Waals surface area contributed by atoms with Gasteiger partial charge in [0.1, 0.15) is 5.60 Å². The molecule has 1 saturated heterocycles. The SMILES string of the molecule is COCc1cc(Br)c(CCC2CCCN(C(=O)OC(C)(C)C)CC2)s1.